The molecule has 1 saturated heterocycles. The number of nitrogens with zero attached hydrogens (tertiary/aromatic N) is 2. The third-order valence-electron chi connectivity index (χ3n) is 3.28. The molecule has 0 bridgehead atoms. The number of methoxy groups -OCH3 is 1. The van der Waals surface area contributed by atoms with Crippen LogP contribution in [0.25, 0.3) is 0 Å². The van der Waals surface area contributed by atoms with Crippen LogP contribution in [0.1, 0.15) is 10.6 Å². The van der Waals surface area contributed by atoms with Crippen LogP contribution in [0.3, 0.4) is 0 Å². The van der Waals surface area contributed by atoms with Gasteiger partial charge in [-0.25, -0.2) is 9.78 Å². The molecule has 8 heteroatoms. The van der Waals surface area contributed by atoms with E-state index >= 15 is 0 Å². The number of hydrogen-bond donors (Lipinski definition) is 2. The predicted octanol–water partition coefficient (Wildman–Crippen LogP) is 0.150. The Hall–Kier alpha value is -1.67. The highest BCUT2D eigenvalue weighted by molar-refractivity contribution is 7.09. The van der Waals surface area contributed by atoms with E-state index in [1.807, 2.05) is 12.4 Å². The SMILES string of the molecule is COCC(=O)NC1CN(C(=O)NCCc2scnc2C)C1. The molecule has 1 aliphatic rings. The van der Waals surface area contributed by atoms with Crippen LogP contribution in [0.5, 0.6) is 0 Å². The quantitative estimate of drug-likeness (QED) is 0.783. The van der Waals surface area contributed by atoms with Crippen LogP contribution in [0, 0.1) is 6.92 Å². The number of carbonyl (C=O) groups is 2. The van der Waals surface area contributed by atoms with Gasteiger partial charge in [0.25, 0.3) is 0 Å². The molecule has 0 atom stereocenters. The monoisotopic (exact) mass is 312 g/mol. The number of likely N-dealkylation sites (tertiary alicyclic amines) is 1. The van der Waals surface area contributed by atoms with Gasteiger partial charge in [0, 0.05) is 38.0 Å². The lowest BCUT2D eigenvalue weighted by atomic mass is 10.1. The largest absolute Gasteiger partial charge is 0.375 e. The van der Waals surface area contributed by atoms with E-state index in [9.17, 15) is 9.59 Å². The molecule has 116 valence electrons. The highest BCUT2D eigenvalue weighted by Gasteiger charge is 2.31. The number of amides is 3. The second kappa shape index (κ2) is 7.37. The third kappa shape index (κ3) is 4.40. The fourth-order valence-electron chi connectivity index (χ4n) is 2.10. The topological polar surface area (TPSA) is 83.6 Å². The molecule has 0 saturated carbocycles. The van der Waals surface area contributed by atoms with Gasteiger partial charge in [-0.2, -0.15) is 0 Å². The molecular formula is C13H20N4O3S. The maximum atomic E-state index is 11.9. The van der Waals surface area contributed by atoms with Gasteiger partial charge in [0.05, 0.1) is 17.2 Å². The van der Waals surface area contributed by atoms with Gasteiger partial charge in [-0.15, -0.1) is 11.3 Å². The van der Waals surface area contributed by atoms with Gasteiger partial charge in [0.1, 0.15) is 6.61 Å². The zero-order chi connectivity index (χ0) is 15.2. The van der Waals surface area contributed by atoms with Crippen molar-refractivity contribution >= 4 is 23.3 Å². The van der Waals surface area contributed by atoms with Gasteiger partial charge >= 0.3 is 6.03 Å². The Bertz CT molecular complexity index is 499. The van der Waals surface area contributed by atoms with E-state index in [2.05, 4.69) is 15.6 Å². The summed E-state index contributed by atoms with van der Waals surface area (Å²) in [7, 11) is 1.48. The number of urea groups is 1. The minimum atomic E-state index is -0.150. The first-order valence-electron chi connectivity index (χ1n) is 6.80. The molecule has 1 aliphatic heterocycles. The summed E-state index contributed by atoms with van der Waals surface area (Å²) in [5.41, 5.74) is 2.84. The van der Waals surface area contributed by atoms with Crippen molar-refractivity contribution in [2.75, 3.05) is 33.4 Å². The van der Waals surface area contributed by atoms with Crippen LogP contribution in [-0.2, 0) is 16.0 Å². The summed E-state index contributed by atoms with van der Waals surface area (Å²) >= 11 is 1.61. The Morgan fingerprint density at radius 1 is 1.52 bits per heavy atom. The predicted molar refractivity (Wildman–Crippen MR) is 79.3 cm³/mol. The van der Waals surface area contributed by atoms with Crippen LogP contribution < -0.4 is 10.6 Å². The van der Waals surface area contributed by atoms with Gasteiger partial charge in [0.15, 0.2) is 0 Å². The number of thiazole rings is 1. The van der Waals surface area contributed by atoms with Crippen molar-refractivity contribution in [2.24, 2.45) is 0 Å². The lowest BCUT2D eigenvalue weighted by Gasteiger charge is -2.39. The van der Waals surface area contributed by atoms with Gasteiger partial charge in [-0.3, -0.25) is 4.79 Å². The molecule has 7 nitrogen and oxygen atoms in total. The zero-order valence-electron chi connectivity index (χ0n) is 12.2. The first-order valence-corrected chi connectivity index (χ1v) is 7.68. The molecule has 3 amide bonds. The third-order valence-corrected chi connectivity index (χ3v) is 4.28. The van der Waals surface area contributed by atoms with Crippen LogP contribution in [0.15, 0.2) is 5.51 Å². The van der Waals surface area contributed by atoms with E-state index in [4.69, 9.17) is 4.74 Å². The molecule has 2 heterocycles. The number of rotatable bonds is 6. The fourth-order valence-corrected chi connectivity index (χ4v) is 2.88. The maximum absolute atomic E-state index is 11.9. The highest BCUT2D eigenvalue weighted by atomic mass is 32.1. The number of carbonyl (C=O) groups excluding carboxylic acids is 2. The second-order valence-electron chi connectivity index (χ2n) is 4.95. The van der Waals surface area contributed by atoms with Crippen molar-refractivity contribution in [3.63, 3.8) is 0 Å². The number of aromatic nitrogens is 1. The molecule has 1 aromatic rings. The summed E-state index contributed by atoms with van der Waals surface area (Å²) in [6, 6.07) is -0.0588. The first-order chi connectivity index (χ1) is 10.1. The highest BCUT2D eigenvalue weighted by Crippen LogP contribution is 2.12. The average molecular weight is 312 g/mol. The minimum Gasteiger partial charge on any atom is -0.375 e. The normalized spacial score (nSPS) is 14.7. The van der Waals surface area contributed by atoms with E-state index in [1.54, 1.807) is 16.2 Å². The van der Waals surface area contributed by atoms with E-state index in [-0.39, 0.29) is 24.6 Å². The average Bonchev–Trinajstić information content (AvgIpc) is 2.79. The Labute approximate surface area is 127 Å². The van der Waals surface area contributed by atoms with E-state index in [0.29, 0.717) is 19.6 Å². The summed E-state index contributed by atoms with van der Waals surface area (Å²) in [5, 5.41) is 5.67. The molecule has 0 aromatic carbocycles. The van der Waals surface area contributed by atoms with Crippen molar-refractivity contribution in [1.82, 2.24) is 20.5 Å². The summed E-state index contributed by atoms with van der Waals surface area (Å²) in [4.78, 5) is 30.2. The van der Waals surface area contributed by atoms with Gasteiger partial charge < -0.3 is 20.3 Å². The Kier molecular flexibility index (Phi) is 5.51. The second-order valence-corrected chi connectivity index (χ2v) is 5.88. The molecule has 0 aliphatic carbocycles. The zero-order valence-corrected chi connectivity index (χ0v) is 13.0. The summed E-state index contributed by atoms with van der Waals surface area (Å²) in [5.74, 6) is -0.150. The molecule has 0 unspecified atom stereocenters. The Morgan fingerprint density at radius 2 is 2.29 bits per heavy atom. The lowest BCUT2D eigenvalue weighted by Crippen LogP contribution is -2.63. The molecule has 2 rings (SSSR count). The fraction of sp³-hybridized carbons (Fsp3) is 0.615. The van der Waals surface area contributed by atoms with Crippen molar-refractivity contribution in [2.45, 2.75) is 19.4 Å². The Morgan fingerprint density at radius 3 is 2.90 bits per heavy atom. The first kappa shape index (κ1) is 15.7. The van der Waals surface area contributed by atoms with Crippen LogP contribution >= 0.6 is 11.3 Å². The van der Waals surface area contributed by atoms with Crippen LogP contribution in [0.4, 0.5) is 4.79 Å². The van der Waals surface area contributed by atoms with Crippen LogP contribution in [-0.4, -0.2) is 61.2 Å². The molecule has 2 N–H and O–H groups in total. The summed E-state index contributed by atoms with van der Waals surface area (Å²) in [6.45, 7) is 3.70. The molecule has 1 aromatic heterocycles. The van der Waals surface area contributed by atoms with E-state index in [0.717, 1.165) is 12.1 Å². The van der Waals surface area contributed by atoms with Gasteiger partial charge in [0.2, 0.25) is 5.91 Å². The number of aryl methyl sites for hydroxylation is 1. The molecular weight excluding hydrogens is 292 g/mol. The van der Waals surface area contributed by atoms with Crippen molar-refractivity contribution in [1.29, 1.82) is 0 Å². The standard InChI is InChI=1S/C13H20N4O3S/c1-9-11(21-8-15-9)3-4-14-13(19)17-5-10(6-17)16-12(18)7-20-2/h8,10H,3-7H2,1-2H3,(H,14,19)(H,16,18). The molecule has 0 radical (unpaired) electrons. The number of nitrogens with one attached hydrogen (secondary N) is 2. The minimum absolute atomic E-state index is 0.0298. The van der Waals surface area contributed by atoms with Gasteiger partial charge in [-0.1, -0.05) is 0 Å². The van der Waals surface area contributed by atoms with Crippen molar-refractivity contribution < 1.29 is 14.3 Å². The molecule has 0 spiro atoms. The molecule has 1 fully saturated rings. The van der Waals surface area contributed by atoms with E-state index in [1.165, 1.54) is 12.0 Å². The van der Waals surface area contributed by atoms with Crippen LogP contribution in [0.2, 0.25) is 0 Å². The van der Waals surface area contributed by atoms with Crippen molar-refractivity contribution in [3.05, 3.63) is 16.1 Å². The number of hydrogen-bond acceptors (Lipinski definition) is 5. The maximum Gasteiger partial charge on any atom is 0.317 e. The summed E-state index contributed by atoms with van der Waals surface area (Å²) < 4.78 is 4.74. The van der Waals surface area contributed by atoms with E-state index < -0.39 is 0 Å². The number of ether oxygens (including phenoxy) is 1. The van der Waals surface area contributed by atoms with Crippen molar-refractivity contribution in [3.8, 4) is 0 Å². The van der Waals surface area contributed by atoms with Gasteiger partial charge in [-0.05, 0) is 6.92 Å². The lowest BCUT2D eigenvalue weighted by molar-refractivity contribution is -0.126. The Balaban J connectivity index is 1.61. The smallest absolute Gasteiger partial charge is 0.317 e. The molecule has 21 heavy (non-hydrogen) atoms. The summed E-state index contributed by atoms with van der Waals surface area (Å²) in [6.07, 6.45) is 0.796.